The summed E-state index contributed by atoms with van der Waals surface area (Å²) in [5.74, 6) is 0.803. The smallest absolute Gasteiger partial charge is 0.311 e. The van der Waals surface area contributed by atoms with Crippen LogP contribution >= 0.6 is 0 Å². The number of piperidine rings is 1. The molecule has 1 N–H and O–H groups in total. The van der Waals surface area contributed by atoms with Gasteiger partial charge >= 0.3 is 5.97 Å². The predicted octanol–water partition coefficient (Wildman–Crippen LogP) is 4.23. The van der Waals surface area contributed by atoms with Crippen molar-refractivity contribution in [3.63, 3.8) is 0 Å². The molecular weight excluding hydrogens is 386 g/mol. The van der Waals surface area contributed by atoms with Crippen LogP contribution in [0.5, 0.6) is 0 Å². The Kier molecular flexibility index (Phi) is 5.72. The molecule has 1 saturated carbocycles. The second-order valence-corrected chi connectivity index (χ2v) is 10.7. The molecule has 0 spiro atoms. The number of aliphatic hydroxyl groups excluding tert-OH is 1. The van der Waals surface area contributed by atoms with Crippen LogP contribution in [0.1, 0.15) is 51.5 Å². The molecule has 0 radical (unpaired) electrons. The normalized spacial score (nSPS) is 38.9. The van der Waals surface area contributed by atoms with Gasteiger partial charge in [0.2, 0.25) is 0 Å². The Balaban J connectivity index is 1.24. The minimum atomic E-state index is -0.500. The van der Waals surface area contributed by atoms with E-state index in [9.17, 15) is 9.90 Å². The highest BCUT2D eigenvalue weighted by Gasteiger charge is 2.59. The van der Waals surface area contributed by atoms with Gasteiger partial charge in [-0.25, -0.2) is 0 Å². The van der Waals surface area contributed by atoms with Gasteiger partial charge in [0.15, 0.2) is 0 Å². The van der Waals surface area contributed by atoms with Crippen molar-refractivity contribution in [2.24, 2.45) is 29.1 Å². The first-order valence-electron chi connectivity index (χ1n) is 12.3. The number of benzene rings is 1. The molecule has 2 heterocycles. The molecule has 2 aliphatic carbocycles. The molecule has 0 bridgehead atoms. The number of carbonyl (C=O) groups is 1. The maximum absolute atomic E-state index is 12.9. The number of hydrogen-bond acceptors (Lipinski definition) is 4. The lowest BCUT2D eigenvalue weighted by atomic mass is 9.55. The van der Waals surface area contributed by atoms with E-state index in [-0.39, 0.29) is 29.3 Å². The van der Waals surface area contributed by atoms with Gasteiger partial charge in [-0.3, -0.25) is 4.79 Å². The number of ether oxygens (including phenoxy) is 1. The molecule has 2 aliphatic heterocycles. The van der Waals surface area contributed by atoms with Crippen molar-refractivity contribution in [3.8, 4) is 0 Å². The summed E-state index contributed by atoms with van der Waals surface area (Å²) in [6, 6.07) is 10.8. The Morgan fingerprint density at radius 2 is 1.90 bits per heavy atom. The van der Waals surface area contributed by atoms with Crippen LogP contribution in [0, 0.1) is 29.1 Å². The number of esters is 1. The number of carbonyl (C=O) groups excluding carboxylic acids is 1. The summed E-state index contributed by atoms with van der Waals surface area (Å²) < 4.78 is 5.85. The van der Waals surface area contributed by atoms with Crippen molar-refractivity contribution in [1.29, 1.82) is 0 Å². The first-order valence-corrected chi connectivity index (χ1v) is 12.3. The fourth-order valence-corrected chi connectivity index (χ4v) is 6.87. The standard InChI is InChI=1S/C27H37NO3/c1-18-7-6-10-21-16-23-24(25(29)27(18,21)2)22(26(30)31-23)17-28-13-11-20(12-14-28)15-19-8-4-3-5-9-19/h3-5,8-10,18,20,22-25,29H,6-7,11-17H2,1-2H3/t18-,22-,23-,24+,25-,27-/m1/s1. The third-order valence-electron chi connectivity index (χ3n) is 9.10. The van der Waals surface area contributed by atoms with Gasteiger partial charge in [-0.05, 0) is 62.6 Å². The van der Waals surface area contributed by atoms with Crippen LogP contribution in [0.25, 0.3) is 0 Å². The summed E-state index contributed by atoms with van der Waals surface area (Å²) in [6.07, 6.45) is 8.16. The molecule has 0 aromatic heterocycles. The molecule has 4 aliphatic rings. The van der Waals surface area contributed by atoms with Crippen molar-refractivity contribution in [2.75, 3.05) is 19.6 Å². The molecule has 4 nitrogen and oxygen atoms in total. The second-order valence-electron chi connectivity index (χ2n) is 10.7. The summed E-state index contributed by atoms with van der Waals surface area (Å²) in [5.41, 5.74) is 2.52. The van der Waals surface area contributed by atoms with Crippen molar-refractivity contribution in [3.05, 3.63) is 47.5 Å². The van der Waals surface area contributed by atoms with Gasteiger partial charge in [0.1, 0.15) is 6.10 Å². The fraction of sp³-hybridized carbons (Fsp3) is 0.667. The van der Waals surface area contributed by atoms with Crippen LogP contribution in [-0.4, -0.2) is 47.8 Å². The van der Waals surface area contributed by atoms with Gasteiger partial charge in [-0.2, -0.15) is 0 Å². The first kappa shape index (κ1) is 21.2. The highest BCUT2D eigenvalue weighted by molar-refractivity contribution is 5.76. The summed E-state index contributed by atoms with van der Waals surface area (Å²) in [7, 11) is 0. The van der Waals surface area contributed by atoms with Crippen LogP contribution in [-0.2, 0) is 16.0 Å². The number of likely N-dealkylation sites (tertiary alicyclic amines) is 1. The van der Waals surface area contributed by atoms with E-state index in [0.717, 1.165) is 51.2 Å². The SMILES string of the molecule is C[C@@H]1CCC=C2C[C@H]3OC(=O)[C@H](CN4CCC(Cc5ccccc5)CC4)[C@@H]3[C@@H](O)[C@@]21C. The Hall–Kier alpha value is -1.65. The fourth-order valence-electron chi connectivity index (χ4n) is 6.87. The third-order valence-corrected chi connectivity index (χ3v) is 9.10. The van der Waals surface area contributed by atoms with E-state index in [1.165, 1.54) is 24.0 Å². The molecule has 168 valence electrons. The van der Waals surface area contributed by atoms with Gasteiger partial charge in [-0.1, -0.05) is 55.8 Å². The lowest BCUT2D eigenvalue weighted by molar-refractivity contribution is -0.145. The number of hydrogen-bond donors (Lipinski definition) is 1. The molecule has 2 saturated heterocycles. The van der Waals surface area contributed by atoms with E-state index in [1.807, 2.05) is 0 Å². The molecule has 31 heavy (non-hydrogen) atoms. The number of aliphatic hydroxyl groups is 1. The first-order chi connectivity index (χ1) is 15.0. The van der Waals surface area contributed by atoms with E-state index in [4.69, 9.17) is 4.74 Å². The van der Waals surface area contributed by atoms with Gasteiger partial charge < -0.3 is 14.7 Å². The number of rotatable bonds is 4. The molecule has 0 unspecified atom stereocenters. The molecular formula is C27H37NO3. The topological polar surface area (TPSA) is 49.8 Å². The van der Waals surface area contributed by atoms with Crippen molar-refractivity contribution in [2.45, 2.75) is 64.6 Å². The molecule has 4 heteroatoms. The minimum absolute atomic E-state index is 0.0720. The summed E-state index contributed by atoms with van der Waals surface area (Å²) in [6.45, 7) is 7.29. The predicted molar refractivity (Wildman–Crippen MR) is 121 cm³/mol. The Bertz CT molecular complexity index is 828. The van der Waals surface area contributed by atoms with Gasteiger partial charge in [0, 0.05) is 24.3 Å². The zero-order chi connectivity index (χ0) is 21.6. The highest BCUT2D eigenvalue weighted by atomic mass is 16.6. The lowest BCUT2D eigenvalue weighted by Gasteiger charge is -2.52. The largest absolute Gasteiger partial charge is 0.461 e. The summed E-state index contributed by atoms with van der Waals surface area (Å²) >= 11 is 0. The van der Waals surface area contributed by atoms with Crippen LogP contribution < -0.4 is 0 Å². The summed E-state index contributed by atoms with van der Waals surface area (Å²) in [4.78, 5) is 15.3. The van der Waals surface area contributed by atoms with E-state index < -0.39 is 6.10 Å². The van der Waals surface area contributed by atoms with Crippen molar-refractivity contribution < 1.29 is 14.6 Å². The zero-order valence-electron chi connectivity index (χ0n) is 19.0. The van der Waals surface area contributed by atoms with Gasteiger partial charge in [0.25, 0.3) is 0 Å². The molecule has 5 rings (SSSR count). The van der Waals surface area contributed by atoms with Crippen molar-refractivity contribution >= 4 is 5.97 Å². The average Bonchev–Trinajstić information content (AvgIpc) is 3.07. The molecule has 3 fully saturated rings. The Morgan fingerprint density at radius 1 is 1.16 bits per heavy atom. The van der Waals surface area contributed by atoms with Crippen LogP contribution in [0.4, 0.5) is 0 Å². The molecule has 1 aromatic carbocycles. The number of allylic oxidation sites excluding steroid dienone is 1. The quantitative estimate of drug-likeness (QED) is 0.582. The van der Waals surface area contributed by atoms with Crippen molar-refractivity contribution in [1.82, 2.24) is 4.90 Å². The van der Waals surface area contributed by atoms with Crippen LogP contribution in [0.2, 0.25) is 0 Å². The van der Waals surface area contributed by atoms with Crippen LogP contribution in [0.3, 0.4) is 0 Å². The maximum Gasteiger partial charge on any atom is 0.311 e. The Morgan fingerprint density at radius 3 is 2.65 bits per heavy atom. The van der Waals surface area contributed by atoms with Gasteiger partial charge in [0.05, 0.1) is 12.0 Å². The zero-order valence-corrected chi connectivity index (χ0v) is 19.0. The summed E-state index contributed by atoms with van der Waals surface area (Å²) in [5, 5.41) is 11.5. The van der Waals surface area contributed by atoms with Gasteiger partial charge in [-0.15, -0.1) is 0 Å². The maximum atomic E-state index is 12.9. The number of nitrogens with zero attached hydrogens (tertiary/aromatic N) is 1. The Labute approximate surface area is 186 Å². The highest BCUT2D eigenvalue weighted by Crippen LogP contribution is 2.56. The van der Waals surface area contributed by atoms with Crippen LogP contribution in [0.15, 0.2) is 42.0 Å². The van der Waals surface area contributed by atoms with E-state index >= 15 is 0 Å². The average molecular weight is 424 g/mol. The van der Waals surface area contributed by atoms with E-state index in [0.29, 0.717) is 5.92 Å². The van der Waals surface area contributed by atoms with E-state index in [2.05, 4.69) is 55.2 Å². The molecule has 1 aromatic rings. The lowest BCUT2D eigenvalue weighted by Crippen LogP contribution is -2.55. The molecule has 0 amide bonds. The number of fused-ring (bicyclic) bond motifs is 2. The second kappa shape index (κ2) is 8.37. The van der Waals surface area contributed by atoms with E-state index in [1.54, 1.807) is 0 Å². The minimum Gasteiger partial charge on any atom is -0.461 e. The monoisotopic (exact) mass is 423 g/mol. The third kappa shape index (κ3) is 3.76. The molecule has 6 atom stereocenters.